The average molecular weight is 382 g/mol. The monoisotopic (exact) mass is 382 g/mol. The minimum Gasteiger partial charge on any atom is -0.318 e. The van der Waals surface area contributed by atoms with Crippen LogP contribution in [0, 0.1) is 26.1 Å². The summed E-state index contributed by atoms with van der Waals surface area (Å²) in [7, 11) is 0. The van der Waals surface area contributed by atoms with Gasteiger partial charge in [-0.3, -0.25) is 25.2 Å². The minimum absolute atomic E-state index is 0.0388. The van der Waals surface area contributed by atoms with Crippen LogP contribution in [0.2, 0.25) is 0 Å². The lowest BCUT2D eigenvalue weighted by Gasteiger charge is -2.52. The number of anilines is 1. The van der Waals surface area contributed by atoms with E-state index in [9.17, 15) is 20.2 Å². The smallest absolute Gasteiger partial charge is 0.318 e. The number of hydrogen-bond acceptors (Lipinski definition) is 6. The highest BCUT2D eigenvalue weighted by Crippen LogP contribution is 2.53. The van der Waals surface area contributed by atoms with Gasteiger partial charge in [-0.1, -0.05) is 12.0 Å². The number of fused-ring (bicyclic) bond motifs is 3. The molecule has 1 spiro atoms. The van der Waals surface area contributed by atoms with Crippen LogP contribution < -0.4 is 15.5 Å². The summed E-state index contributed by atoms with van der Waals surface area (Å²) < 4.78 is 0. The Morgan fingerprint density at radius 3 is 2.68 bits per heavy atom. The maximum absolute atomic E-state index is 11.3. The Labute approximate surface area is 161 Å². The van der Waals surface area contributed by atoms with Crippen LogP contribution in [0.25, 0.3) is 5.82 Å². The number of allylic oxidation sites excluding steroid dienone is 2. The van der Waals surface area contributed by atoms with Crippen molar-refractivity contribution < 1.29 is 9.85 Å². The predicted molar refractivity (Wildman–Crippen MR) is 102 cm³/mol. The molecule has 2 aliphatic carbocycles. The highest BCUT2D eigenvalue weighted by Gasteiger charge is 2.53. The molecule has 1 saturated carbocycles. The van der Waals surface area contributed by atoms with Gasteiger partial charge < -0.3 is 4.90 Å². The molecule has 8 heteroatoms. The van der Waals surface area contributed by atoms with E-state index in [0.717, 1.165) is 56.0 Å². The van der Waals surface area contributed by atoms with Crippen molar-refractivity contribution in [2.24, 2.45) is 10.9 Å². The summed E-state index contributed by atoms with van der Waals surface area (Å²) in [6, 6.07) is 4.80. The van der Waals surface area contributed by atoms with Crippen molar-refractivity contribution in [1.82, 2.24) is 0 Å². The molecule has 1 aromatic carbocycles. The molecule has 146 valence electrons. The maximum Gasteiger partial charge on any atom is 0.566 e. The van der Waals surface area contributed by atoms with Gasteiger partial charge in [0, 0.05) is 11.6 Å². The summed E-state index contributed by atoms with van der Waals surface area (Å²) in [6.07, 6.45) is 9.96. The van der Waals surface area contributed by atoms with E-state index in [-0.39, 0.29) is 10.9 Å². The number of hydrogen-bond donors (Lipinski definition) is 0. The van der Waals surface area contributed by atoms with Gasteiger partial charge in [0.2, 0.25) is 0 Å². The lowest BCUT2D eigenvalue weighted by atomic mass is 9.70. The van der Waals surface area contributed by atoms with Crippen molar-refractivity contribution in [3.8, 4) is 0 Å². The van der Waals surface area contributed by atoms with Gasteiger partial charge >= 0.3 is 5.82 Å². The largest absolute Gasteiger partial charge is 0.566 e. The minimum atomic E-state index is -0.973. The topological polar surface area (TPSA) is 102 Å². The molecule has 8 nitrogen and oxygen atoms in total. The molecule has 0 bridgehead atoms. The zero-order valence-corrected chi connectivity index (χ0v) is 15.6. The number of nitro groups is 2. The van der Waals surface area contributed by atoms with Gasteiger partial charge in [0.25, 0.3) is 0 Å². The van der Waals surface area contributed by atoms with E-state index in [4.69, 9.17) is 4.99 Å². The lowest BCUT2D eigenvalue weighted by molar-refractivity contribution is -0.547. The number of benzene rings is 1. The molecule has 4 aliphatic rings. The van der Waals surface area contributed by atoms with Gasteiger partial charge in [0.1, 0.15) is 20.7 Å². The van der Waals surface area contributed by atoms with E-state index in [1.165, 1.54) is 30.2 Å². The van der Waals surface area contributed by atoms with Crippen LogP contribution in [0.4, 0.5) is 5.69 Å². The molecule has 0 radical (unpaired) electrons. The van der Waals surface area contributed by atoms with E-state index < -0.39 is 15.7 Å². The molecule has 28 heavy (non-hydrogen) atoms. The van der Waals surface area contributed by atoms with Crippen molar-refractivity contribution in [3.63, 3.8) is 0 Å². The first kappa shape index (κ1) is 17.3. The average Bonchev–Trinajstić information content (AvgIpc) is 2.99. The van der Waals surface area contributed by atoms with Crippen LogP contribution in [0.15, 0.2) is 34.5 Å². The fourth-order valence-electron chi connectivity index (χ4n) is 5.72. The van der Waals surface area contributed by atoms with Crippen LogP contribution >= 0.6 is 0 Å². The van der Waals surface area contributed by atoms with Gasteiger partial charge in [-0.15, -0.1) is 0 Å². The van der Waals surface area contributed by atoms with Crippen molar-refractivity contribution in [1.29, 1.82) is 0 Å². The predicted octanol–water partition coefficient (Wildman–Crippen LogP) is 2.86. The van der Waals surface area contributed by atoms with E-state index in [1.807, 2.05) is 0 Å². The first-order valence-electron chi connectivity index (χ1n) is 10.1. The Kier molecular flexibility index (Phi) is 3.79. The van der Waals surface area contributed by atoms with Crippen LogP contribution in [-0.4, -0.2) is 15.5 Å². The fraction of sp³-hybridized carbons (Fsp3) is 0.550. The standard InChI is InChI=1S/C20H22N4O4/c25-23(26)19(24(27)28)14-8-9-16-18(12-14)22-17-7-2-1-5-13(17)11-15-6-3-4-10-20(15,22)21-16/h8-9,12,15H,1-7,10-11H2/t15-,20-/m1/s1. The van der Waals surface area contributed by atoms with Crippen molar-refractivity contribution >= 4 is 11.5 Å². The second kappa shape index (κ2) is 6.12. The van der Waals surface area contributed by atoms with Crippen molar-refractivity contribution in [2.75, 3.05) is 4.90 Å². The first-order valence-corrected chi connectivity index (χ1v) is 10.1. The quantitative estimate of drug-likeness (QED) is 0.578. The Balaban J connectivity index is 1.76. The van der Waals surface area contributed by atoms with Gasteiger partial charge in [0.15, 0.2) is 0 Å². The summed E-state index contributed by atoms with van der Waals surface area (Å²) in [5.41, 5.74) is 3.31. The molecule has 5 rings (SSSR count). The van der Waals surface area contributed by atoms with E-state index in [0.29, 0.717) is 5.92 Å². The molecule has 2 heterocycles. The van der Waals surface area contributed by atoms with E-state index in [1.54, 1.807) is 12.1 Å². The molecule has 0 amide bonds. The second-order valence-electron chi connectivity index (χ2n) is 8.27. The van der Waals surface area contributed by atoms with Gasteiger partial charge in [-0.05, 0) is 69.6 Å². The SMILES string of the molecule is O=[N+]([O-])C(=c1ccc2c(c1)N1C3=C(CCCC3)C[C@H]3CCCC[C@]31N=2)[N+](=O)[O-]. The normalized spacial score (nSPS) is 27.9. The summed E-state index contributed by atoms with van der Waals surface area (Å²) in [6.45, 7) is 0. The molecule has 0 saturated heterocycles. The summed E-state index contributed by atoms with van der Waals surface area (Å²) in [5, 5.41) is 23.4. The molecule has 0 N–H and O–H groups in total. The Morgan fingerprint density at radius 2 is 1.89 bits per heavy atom. The third kappa shape index (κ3) is 2.33. The maximum atomic E-state index is 11.3. The zero-order chi connectivity index (χ0) is 19.5. The highest BCUT2D eigenvalue weighted by molar-refractivity contribution is 5.61. The van der Waals surface area contributed by atoms with Gasteiger partial charge in [-0.2, -0.15) is 0 Å². The number of nitrogens with zero attached hydrogens (tertiary/aromatic N) is 4. The van der Waals surface area contributed by atoms with Crippen molar-refractivity contribution in [2.45, 2.75) is 63.5 Å². The fourth-order valence-corrected chi connectivity index (χ4v) is 5.72. The third-order valence-electron chi connectivity index (χ3n) is 6.84. The van der Waals surface area contributed by atoms with Crippen LogP contribution in [0.1, 0.15) is 57.8 Å². The highest BCUT2D eigenvalue weighted by atomic mass is 16.7. The summed E-state index contributed by atoms with van der Waals surface area (Å²) in [5.74, 6) is -0.526. The van der Waals surface area contributed by atoms with Gasteiger partial charge in [0.05, 0.1) is 11.0 Å². The second-order valence-corrected chi connectivity index (χ2v) is 8.27. The Hall–Kier alpha value is -2.77. The molecule has 2 atom stereocenters. The third-order valence-corrected chi connectivity index (χ3v) is 6.84. The van der Waals surface area contributed by atoms with Crippen molar-refractivity contribution in [3.05, 3.63) is 60.3 Å². The first-order chi connectivity index (χ1) is 13.5. The molecule has 1 aromatic rings. The molecule has 0 aromatic heterocycles. The van der Waals surface area contributed by atoms with Crippen LogP contribution in [0.5, 0.6) is 0 Å². The molecular formula is C20H22N4O4. The van der Waals surface area contributed by atoms with E-state index in [2.05, 4.69) is 4.90 Å². The zero-order valence-electron chi connectivity index (χ0n) is 15.6. The molecule has 0 unspecified atom stereocenters. The lowest BCUT2D eigenvalue weighted by Crippen LogP contribution is -2.55. The summed E-state index contributed by atoms with van der Waals surface area (Å²) >= 11 is 0. The van der Waals surface area contributed by atoms with Gasteiger partial charge in [-0.25, -0.2) is 0 Å². The summed E-state index contributed by atoms with van der Waals surface area (Å²) in [4.78, 5) is 28.2. The number of rotatable bonds is 2. The van der Waals surface area contributed by atoms with E-state index >= 15 is 0 Å². The molecular weight excluding hydrogens is 360 g/mol. The Morgan fingerprint density at radius 1 is 1.11 bits per heavy atom. The van der Waals surface area contributed by atoms with Crippen LogP contribution in [-0.2, 0) is 0 Å². The Bertz CT molecular complexity index is 1030. The molecule has 1 fully saturated rings. The molecule has 2 aliphatic heterocycles. The van der Waals surface area contributed by atoms with Crippen LogP contribution in [0.3, 0.4) is 0 Å².